The summed E-state index contributed by atoms with van der Waals surface area (Å²) < 4.78 is 14.0. The van der Waals surface area contributed by atoms with Gasteiger partial charge in [-0.25, -0.2) is 4.39 Å². The Kier molecular flexibility index (Phi) is 2.85. The minimum Gasteiger partial charge on any atom is -0.392 e. The molecule has 3 heteroatoms. The first-order chi connectivity index (χ1) is 5.57. The summed E-state index contributed by atoms with van der Waals surface area (Å²) in [5.74, 6) is -0.315. The van der Waals surface area contributed by atoms with Gasteiger partial charge in [0.05, 0.1) is 6.61 Å². The largest absolute Gasteiger partial charge is 0.392 e. The van der Waals surface area contributed by atoms with E-state index in [0.29, 0.717) is 15.6 Å². The van der Waals surface area contributed by atoms with E-state index in [1.807, 2.05) is 13.0 Å². The van der Waals surface area contributed by atoms with Crippen molar-refractivity contribution in [1.82, 2.24) is 0 Å². The molecule has 0 atom stereocenters. The van der Waals surface area contributed by atoms with Crippen molar-refractivity contribution in [2.45, 2.75) is 20.5 Å². The highest BCUT2D eigenvalue weighted by molar-refractivity contribution is 9.10. The van der Waals surface area contributed by atoms with Crippen LogP contribution in [0.3, 0.4) is 0 Å². The van der Waals surface area contributed by atoms with Crippen LogP contribution < -0.4 is 0 Å². The van der Waals surface area contributed by atoms with Crippen LogP contribution in [-0.2, 0) is 6.61 Å². The first-order valence-electron chi connectivity index (χ1n) is 3.63. The van der Waals surface area contributed by atoms with Gasteiger partial charge in [-0.15, -0.1) is 0 Å². The van der Waals surface area contributed by atoms with Crippen LogP contribution in [0.25, 0.3) is 0 Å². The number of hydrogen-bond acceptors (Lipinski definition) is 1. The van der Waals surface area contributed by atoms with Gasteiger partial charge in [0.25, 0.3) is 0 Å². The molecule has 1 N–H and O–H groups in total. The number of rotatable bonds is 1. The molecule has 1 aromatic carbocycles. The highest BCUT2D eigenvalue weighted by Gasteiger charge is 2.10. The molecule has 1 aromatic rings. The SMILES string of the molecule is Cc1cc(Br)c(CO)c(F)c1C. The van der Waals surface area contributed by atoms with Gasteiger partial charge in [0, 0.05) is 10.0 Å². The summed E-state index contributed by atoms with van der Waals surface area (Å²) in [5.41, 5.74) is 1.82. The molecule has 1 nitrogen and oxygen atoms in total. The summed E-state index contributed by atoms with van der Waals surface area (Å²) in [4.78, 5) is 0. The average molecular weight is 233 g/mol. The molecule has 0 fully saturated rings. The molecule has 0 unspecified atom stereocenters. The third-order valence-electron chi connectivity index (χ3n) is 1.98. The van der Waals surface area contributed by atoms with Gasteiger partial charge in [-0.1, -0.05) is 15.9 Å². The fourth-order valence-corrected chi connectivity index (χ4v) is 1.68. The van der Waals surface area contributed by atoms with Gasteiger partial charge in [-0.3, -0.25) is 0 Å². The van der Waals surface area contributed by atoms with Crippen molar-refractivity contribution in [1.29, 1.82) is 0 Å². The summed E-state index contributed by atoms with van der Waals surface area (Å²) in [6.45, 7) is 3.27. The maximum Gasteiger partial charge on any atom is 0.133 e. The third-order valence-corrected chi connectivity index (χ3v) is 2.68. The zero-order valence-electron chi connectivity index (χ0n) is 6.99. The van der Waals surface area contributed by atoms with Gasteiger partial charge >= 0.3 is 0 Å². The fraction of sp³-hybridized carbons (Fsp3) is 0.333. The maximum atomic E-state index is 13.3. The zero-order chi connectivity index (χ0) is 9.30. The van der Waals surface area contributed by atoms with Crippen LogP contribution in [0.4, 0.5) is 4.39 Å². The van der Waals surface area contributed by atoms with Gasteiger partial charge in [0.15, 0.2) is 0 Å². The molecule has 0 aliphatic heterocycles. The van der Waals surface area contributed by atoms with Crippen LogP contribution in [0.15, 0.2) is 10.5 Å². The molecule has 1 rings (SSSR count). The van der Waals surface area contributed by atoms with Crippen LogP contribution in [0.1, 0.15) is 16.7 Å². The highest BCUT2D eigenvalue weighted by atomic mass is 79.9. The molecule has 0 saturated heterocycles. The number of aliphatic hydroxyl groups excluding tert-OH is 1. The first kappa shape index (κ1) is 9.68. The number of aliphatic hydroxyl groups is 1. The third kappa shape index (κ3) is 1.52. The second kappa shape index (κ2) is 3.54. The topological polar surface area (TPSA) is 20.2 Å². The Hall–Kier alpha value is -0.410. The molecular weight excluding hydrogens is 223 g/mol. The van der Waals surface area contributed by atoms with Crippen molar-refractivity contribution < 1.29 is 9.50 Å². The van der Waals surface area contributed by atoms with Crippen LogP contribution in [0.5, 0.6) is 0 Å². The van der Waals surface area contributed by atoms with E-state index >= 15 is 0 Å². The maximum absolute atomic E-state index is 13.3. The molecule has 0 aromatic heterocycles. The minimum atomic E-state index is -0.315. The van der Waals surface area contributed by atoms with E-state index in [1.54, 1.807) is 6.92 Å². The van der Waals surface area contributed by atoms with E-state index in [1.165, 1.54) is 0 Å². The number of halogens is 2. The van der Waals surface area contributed by atoms with Gasteiger partial charge in [0.2, 0.25) is 0 Å². The summed E-state index contributed by atoms with van der Waals surface area (Å²) in [6.07, 6.45) is 0. The molecule has 66 valence electrons. The predicted octanol–water partition coefficient (Wildman–Crippen LogP) is 2.70. The van der Waals surface area contributed by atoms with E-state index in [0.717, 1.165) is 5.56 Å². The molecule has 0 radical (unpaired) electrons. The molecule has 0 saturated carbocycles. The monoisotopic (exact) mass is 232 g/mol. The summed E-state index contributed by atoms with van der Waals surface area (Å²) in [5, 5.41) is 8.84. The van der Waals surface area contributed by atoms with Gasteiger partial charge in [-0.2, -0.15) is 0 Å². The average Bonchev–Trinajstić information content (AvgIpc) is 2.01. The minimum absolute atomic E-state index is 0.270. The van der Waals surface area contributed by atoms with Crippen molar-refractivity contribution in [2.75, 3.05) is 0 Å². The number of benzene rings is 1. The van der Waals surface area contributed by atoms with E-state index < -0.39 is 0 Å². The molecule has 0 spiro atoms. The van der Waals surface area contributed by atoms with Crippen molar-refractivity contribution >= 4 is 15.9 Å². The lowest BCUT2D eigenvalue weighted by Gasteiger charge is -2.08. The second-order valence-electron chi connectivity index (χ2n) is 2.75. The Labute approximate surface area is 79.4 Å². The molecule has 0 aliphatic carbocycles. The smallest absolute Gasteiger partial charge is 0.133 e. The fourth-order valence-electron chi connectivity index (χ4n) is 1.03. The molecule has 0 aliphatic rings. The molecule has 0 bridgehead atoms. The summed E-state index contributed by atoms with van der Waals surface area (Å²) >= 11 is 3.19. The molecule has 0 heterocycles. The summed E-state index contributed by atoms with van der Waals surface area (Å²) in [7, 11) is 0. The van der Waals surface area contributed by atoms with Crippen LogP contribution in [0.2, 0.25) is 0 Å². The number of aryl methyl sites for hydroxylation is 1. The molecular formula is C9H10BrFO. The van der Waals surface area contributed by atoms with Gasteiger partial charge in [0.1, 0.15) is 5.82 Å². The van der Waals surface area contributed by atoms with E-state index in [4.69, 9.17) is 5.11 Å². The van der Waals surface area contributed by atoms with Crippen molar-refractivity contribution in [3.05, 3.63) is 33.0 Å². The second-order valence-corrected chi connectivity index (χ2v) is 3.61. The lowest BCUT2D eigenvalue weighted by atomic mass is 10.1. The predicted molar refractivity (Wildman–Crippen MR) is 49.5 cm³/mol. The quantitative estimate of drug-likeness (QED) is 0.790. The van der Waals surface area contributed by atoms with Crippen LogP contribution in [-0.4, -0.2) is 5.11 Å². The lowest BCUT2D eigenvalue weighted by molar-refractivity contribution is 0.274. The Balaban J connectivity index is 3.40. The van der Waals surface area contributed by atoms with Crippen molar-refractivity contribution in [3.8, 4) is 0 Å². The Morgan fingerprint density at radius 2 is 2.08 bits per heavy atom. The van der Waals surface area contributed by atoms with Gasteiger partial charge < -0.3 is 5.11 Å². The van der Waals surface area contributed by atoms with E-state index in [-0.39, 0.29) is 12.4 Å². The van der Waals surface area contributed by atoms with Crippen LogP contribution >= 0.6 is 15.9 Å². The lowest BCUT2D eigenvalue weighted by Crippen LogP contribution is -1.97. The Bertz CT molecular complexity index is 310. The normalized spacial score (nSPS) is 10.4. The Morgan fingerprint density at radius 1 is 1.50 bits per heavy atom. The molecule has 12 heavy (non-hydrogen) atoms. The van der Waals surface area contributed by atoms with E-state index in [9.17, 15) is 4.39 Å². The number of hydrogen-bond donors (Lipinski definition) is 1. The highest BCUT2D eigenvalue weighted by Crippen LogP contribution is 2.25. The standard InChI is InChI=1S/C9H10BrFO/c1-5-3-8(10)7(4-12)9(11)6(5)2/h3,12H,4H2,1-2H3. The van der Waals surface area contributed by atoms with E-state index in [2.05, 4.69) is 15.9 Å². The van der Waals surface area contributed by atoms with Crippen LogP contribution in [0, 0.1) is 19.7 Å². The van der Waals surface area contributed by atoms with Crippen molar-refractivity contribution in [3.63, 3.8) is 0 Å². The first-order valence-corrected chi connectivity index (χ1v) is 4.42. The summed E-state index contributed by atoms with van der Waals surface area (Å²) in [6, 6.07) is 1.81. The molecule has 0 amide bonds. The van der Waals surface area contributed by atoms with Gasteiger partial charge in [-0.05, 0) is 31.0 Å². The zero-order valence-corrected chi connectivity index (χ0v) is 8.57. The van der Waals surface area contributed by atoms with Crippen molar-refractivity contribution in [2.24, 2.45) is 0 Å². The Morgan fingerprint density at radius 3 is 2.58 bits per heavy atom.